The monoisotopic (exact) mass is 236 g/mol. The molecular weight excluding hydrogens is 216 g/mol. The maximum absolute atomic E-state index is 11.4. The Morgan fingerprint density at radius 1 is 1.41 bits per heavy atom. The summed E-state index contributed by atoms with van der Waals surface area (Å²) < 4.78 is 5.17. The van der Waals surface area contributed by atoms with Crippen LogP contribution in [0, 0.1) is 6.92 Å². The molecule has 0 aliphatic rings. The molecule has 0 spiro atoms. The molecule has 0 saturated heterocycles. The third kappa shape index (κ3) is 4.34. The van der Waals surface area contributed by atoms with Gasteiger partial charge >= 0.3 is 0 Å². The Labute approximate surface area is 102 Å². The van der Waals surface area contributed by atoms with Crippen LogP contribution in [0.2, 0.25) is 0 Å². The summed E-state index contributed by atoms with van der Waals surface area (Å²) in [4.78, 5) is 11.4. The molecule has 1 rings (SSSR count). The van der Waals surface area contributed by atoms with E-state index in [0.717, 1.165) is 17.0 Å². The minimum Gasteiger partial charge on any atom is -0.496 e. The molecule has 2 N–H and O–H groups in total. The first-order valence-corrected chi connectivity index (χ1v) is 5.71. The van der Waals surface area contributed by atoms with E-state index in [-0.39, 0.29) is 18.5 Å². The number of hydrogen-bond donors (Lipinski definition) is 2. The van der Waals surface area contributed by atoms with Crippen molar-refractivity contribution in [3.05, 3.63) is 23.8 Å². The highest BCUT2D eigenvalue weighted by atomic mass is 16.5. The minimum atomic E-state index is -0.00605. The summed E-state index contributed by atoms with van der Waals surface area (Å²) in [5.74, 6) is 0.843. The average Bonchev–Trinajstić information content (AvgIpc) is 2.25. The molecule has 0 saturated carbocycles. The number of amides is 1. The first kappa shape index (κ1) is 13.4. The van der Waals surface area contributed by atoms with Crippen LogP contribution in [0.15, 0.2) is 18.2 Å². The summed E-state index contributed by atoms with van der Waals surface area (Å²) in [7, 11) is 1.64. The predicted molar refractivity (Wildman–Crippen MR) is 69.5 cm³/mol. The van der Waals surface area contributed by atoms with Crippen LogP contribution in [0.4, 0.5) is 5.69 Å². The smallest absolute Gasteiger partial charge is 0.239 e. The number of anilines is 1. The van der Waals surface area contributed by atoms with Gasteiger partial charge in [0.25, 0.3) is 0 Å². The zero-order valence-electron chi connectivity index (χ0n) is 10.8. The van der Waals surface area contributed by atoms with Gasteiger partial charge in [-0.25, -0.2) is 0 Å². The van der Waals surface area contributed by atoms with Gasteiger partial charge in [-0.3, -0.25) is 4.79 Å². The number of nitrogens with one attached hydrogen (secondary N) is 2. The molecule has 1 aromatic rings. The Bertz CT molecular complexity index is 389. The highest BCUT2D eigenvalue weighted by Gasteiger charge is 2.04. The number of benzene rings is 1. The van der Waals surface area contributed by atoms with Gasteiger partial charge in [0.15, 0.2) is 0 Å². The summed E-state index contributed by atoms with van der Waals surface area (Å²) in [5.41, 5.74) is 1.96. The van der Waals surface area contributed by atoms with Crippen molar-refractivity contribution in [2.45, 2.75) is 26.8 Å². The molecule has 0 fully saturated rings. The van der Waals surface area contributed by atoms with Gasteiger partial charge < -0.3 is 15.4 Å². The minimum absolute atomic E-state index is 0.00605. The van der Waals surface area contributed by atoms with Crippen LogP contribution in [-0.2, 0) is 4.79 Å². The number of carbonyl (C=O) groups excluding carboxylic acids is 1. The van der Waals surface area contributed by atoms with Gasteiger partial charge in [0, 0.05) is 11.7 Å². The lowest BCUT2D eigenvalue weighted by Gasteiger charge is -2.11. The van der Waals surface area contributed by atoms with Crippen molar-refractivity contribution in [3.8, 4) is 5.75 Å². The Morgan fingerprint density at radius 2 is 2.12 bits per heavy atom. The second kappa shape index (κ2) is 6.13. The number of methoxy groups -OCH3 is 1. The Hall–Kier alpha value is -1.71. The van der Waals surface area contributed by atoms with Crippen LogP contribution < -0.4 is 15.4 Å². The van der Waals surface area contributed by atoms with Crippen LogP contribution in [0.1, 0.15) is 19.4 Å². The van der Waals surface area contributed by atoms with Gasteiger partial charge in [0.05, 0.1) is 13.7 Å². The van der Waals surface area contributed by atoms with E-state index in [0.29, 0.717) is 0 Å². The van der Waals surface area contributed by atoms with Crippen molar-refractivity contribution in [2.75, 3.05) is 19.0 Å². The van der Waals surface area contributed by atoms with Gasteiger partial charge in [0.2, 0.25) is 5.91 Å². The molecule has 0 atom stereocenters. The number of carbonyl (C=O) groups is 1. The van der Waals surface area contributed by atoms with Crippen molar-refractivity contribution in [2.24, 2.45) is 0 Å². The molecule has 0 bridgehead atoms. The summed E-state index contributed by atoms with van der Waals surface area (Å²) in [5, 5.41) is 5.90. The van der Waals surface area contributed by atoms with E-state index < -0.39 is 0 Å². The largest absolute Gasteiger partial charge is 0.496 e. The highest BCUT2D eigenvalue weighted by Crippen LogP contribution is 2.20. The molecule has 1 aromatic carbocycles. The lowest BCUT2D eigenvalue weighted by molar-refractivity contribution is -0.119. The molecular formula is C13H20N2O2. The zero-order valence-corrected chi connectivity index (χ0v) is 10.8. The predicted octanol–water partition coefficient (Wildman–Crippen LogP) is 1.94. The fraction of sp³-hybridized carbons (Fsp3) is 0.462. The fourth-order valence-electron chi connectivity index (χ4n) is 1.54. The van der Waals surface area contributed by atoms with E-state index in [1.165, 1.54) is 0 Å². The molecule has 94 valence electrons. The number of ether oxygens (including phenoxy) is 1. The number of aryl methyl sites for hydroxylation is 1. The van der Waals surface area contributed by atoms with Crippen LogP contribution in [0.25, 0.3) is 0 Å². The van der Waals surface area contributed by atoms with Crippen LogP contribution in [0.5, 0.6) is 5.75 Å². The Balaban J connectivity index is 2.52. The van der Waals surface area contributed by atoms with E-state index in [4.69, 9.17) is 4.74 Å². The molecule has 0 aliphatic heterocycles. The van der Waals surface area contributed by atoms with Crippen molar-refractivity contribution in [3.63, 3.8) is 0 Å². The summed E-state index contributed by atoms with van der Waals surface area (Å²) in [6.45, 7) is 6.13. The molecule has 0 unspecified atom stereocenters. The van der Waals surface area contributed by atoms with Gasteiger partial charge in [-0.2, -0.15) is 0 Å². The topological polar surface area (TPSA) is 50.4 Å². The molecule has 4 heteroatoms. The third-order valence-corrected chi connectivity index (χ3v) is 2.30. The summed E-state index contributed by atoms with van der Waals surface area (Å²) in [6, 6.07) is 5.91. The van der Waals surface area contributed by atoms with Crippen molar-refractivity contribution >= 4 is 11.6 Å². The molecule has 0 radical (unpaired) electrons. The van der Waals surface area contributed by atoms with E-state index in [1.54, 1.807) is 7.11 Å². The molecule has 0 aromatic heterocycles. The maximum Gasteiger partial charge on any atom is 0.239 e. The SMILES string of the molecule is COc1ccc(NCC(=O)NC(C)C)cc1C. The first-order valence-electron chi connectivity index (χ1n) is 5.71. The van der Waals surface area contributed by atoms with E-state index in [9.17, 15) is 4.79 Å². The van der Waals surface area contributed by atoms with Gasteiger partial charge in [-0.15, -0.1) is 0 Å². The second-order valence-electron chi connectivity index (χ2n) is 4.26. The van der Waals surface area contributed by atoms with E-state index >= 15 is 0 Å². The third-order valence-electron chi connectivity index (χ3n) is 2.30. The van der Waals surface area contributed by atoms with E-state index in [1.807, 2.05) is 39.0 Å². The number of rotatable bonds is 5. The normalized spacial score (nSPS) is 10.2. The standard InChI is InChI=1S/C13H20N2O2/c1-9(2)15-13(16)8-14-11-5-6-12(17-4)10(3)7-11/h5-7,9,14H,8H2,1-4H3,(H,15,16). The maximum atomic E-state index is 11.4. The van der Waals surface area contributed by atoms with Crippen LogP contribution in [-0.4, -0.2) is 25.6 Å². The van der Waals surface area contributed by atoms with Crippen LogP contribution in [0.3, 0.4) is 0 Å². The quantitative estimate of drug-likeness (QED) is 0.821. The molecule has 4 nitrogen and oxygen atoms in total. The molecule has 0 aliphatic carbocycles. The van der Waals surface area contributed by atoms with Crippen molar-refractivity contribution in [1.29, 1.82) is 0 Å². The summed E-state index contributed by atoms with van der Waals surface area (Å²) >= 11 is 0. The first-order chi connectivity index (χ1) is 8.02. The van der Waals surface area contributed by atoms with Crippen molar-refractivity contribution < 1.29 is 9.53 Å². The molecule has 1 amide bonds. The average molecular weight is 236 g/mol. The molecule has 17 heavy (non-hydrogen) atoms. The fourth-order valence-corrected chi connectivity index (χ4v) is 1.54. The van der Waals surface area contributed by atoms with Crippen LogP contribution >= 0.6 is 0 Å². The Morgan fingerprint density at radius 3 is 2.65 bits per heavy atom. The lowest BCUT2D eigenvalue weighted by atomic mass is 10.2. The highest BCUT2D eigenvalue weighted by molar-refractivity contribution is 5.80. The van der Waals surface area contributed by atoms with Crippen molar-refractivity contribution in [1.82, 2.24) is 5.32 Å². The number of hydrogen-bond acceptors (Lipinski definition) is 3. The molecule has 0 heterocycles. The van der Waals surface area contributed by atoms with E-state index in [2.05, 4.69) is 10.6 Å². The van der Waals surface area contributed by atoms with Gasteiger partial charge in [0.1, 0.15) is 5.75 Å². The van der Waals surface area contributed by atoms with Gasteiger partial charge in [-0.05, 0) is 44.5 Å². The summed E-state index contributed by atoms with van der Waals surface area (Å²) in [6.07, 6.45) is 0. The zero-order chi connectivity index (χ0) is 12.8. The van der Waals surface area contributed by atoms with Gasteiger partial charge in [-0.1, -0.05) is 0 Å². The second-order valence-corrected chi connectivity index (χ2v) is 4.26. The lowest BCUT2D eigenvalue weighted by Crippen LogP contribution is -2.34. The Kier molecular flexibility index (Phi) is 4.82.